The molecule has 2 heterocycles. The number of carbonyl (C=O) groups excluding carboxylic acids is 1. The largest absolute Gasteiger partial charge is 0.457 e. The summed E-state index contributed by atoms with van der Waals surface area (Å²) in [5.74, 6) is 1.38. The zero-order chi connectivity index (χ0) is 26.6. The Labute approximate surface area is 215 Å². The number of piperidine rings is 1. The molecule has 1 aromatic heterocycles. The third kappa shape index (κ3) is 6.53. The number of para-hydroxylation sites is 1. The second kappa shape index (κ2) is 10.8. The van der Waals surface area contributed by atoms with Gasteiger partial charge < -0.3 is 25.4 Å². The number of nitrogens with one attached hydrogen (secondary N) is 2. The SMILES string of the molecule is CC(C)(C)OC(=O)N1CCCC([NH2+]c2c(C(=N)c3ccc(Oc4ccccc4)cc3)c(N)n[nH]c2=O)C1. The molecule has 0 radical (unpaired) electrons. The molecule has 1 fully saturated rings. The Morgan fingerprint density at radius 1 is 1.14 bits per heavy atom. The van der Waals surface area contributed by atoms with E-state index in [0.29, 0.717) is 30.2 Å². The van der Waals surface area contributed by atoms with E-state index in [4.69, 9.17) is 20.6 Å². The fourth-order valence-electron chi connectivity index (χ4n) is 4.23. The molecule has 0 aliphatic carbocycles. The van der Waals surface area contributed by atoms with E-state index in [1.54, 1.807) is 34.5 Å². The van der Waals surface area contributed by atoms with Crippen molar-refractivity contribution in [2.24, 2.45) is 0 Å². The van der Waals surface area contributed by atoms with Crippen LogP contribution in [0, 0.1) is 5.41 Å². The van der Waals surface area contributed by atoms with E-state index >= 15 is 0 Å². The van der Waals surface area contributed by atoms with Crippen LogP contribution in [0.5, 0.6) is 11.5 Å². The van der Waals surface area contributed by atoms with Gasteiger partial charge in [0.25, 0.3) is 0 Å². The molecule has 1 saturated heterocycles. The Morgan fingerprint density at radius 2 is 1.81 bits per heavy atom. The van der Waals surface area contributed by atoms with Crippen LogP contribution in [0.25, 0.3) is 0 Å². The molecule has 1 aliphatic heterocycles. The number of rotatable bonds is 6. The lowest BCUT2D eigenvalue weighted by Crippen LogP contribution is -2.89. The van der Waals surface area contributed by atoms with Crippen molar-refractivity contribution in [1.29, 1.82) is 5.41 Å². The van der Waals surface area contributed by atoms with Gasteiger partial charge in [-0.05, 0) is 63.6 Å². The Bertz CT molecular complexity index is 1320. The summed E-state index contributed by atoms with van der Waals surface area (Å²) in [6, 6.07) is 16.3. The summed E-state index contributed by atoms with van der Waals surface area (Å²) in [5.41, 5.74) is 6.31. The van der Waals surface area contributed by atoms with Gasteiger partial charge >= 0.3 is 11.7 Å². The number of benzene rings is 2. The highest BCUT2D eigenvalue weighted by molar-refractivity contribution is 6.15. The van der Waals surface area contributed by atoms with E-state index in [1.807, 2.05) is 51.1 Å². The van der Waals surface area contributed by atoms with Gasteiger partial charge in [0.05, 0.1) is 12.3 Å². The van der Waals surface area contributed by atoms with E-state index in [-0.39, 0.29) is 34.9 Å². The monoisotopic (exact) mass is 505 g/mol. The molecule has 10 nitrogen and oxygen atoms in total. The van der Waals surface area contributed by atoms with Crippen LogP contribution < -0.4 is 21.3 Å². The van der Waals surface area contributed by atoms with E-state index in [2.05, 4.69) is 10.2 Å². The van der Waals surface area contributed by atoms with Crippen LogP contribution in [-0.2, 0) is 4.74 Å². The van der Waals surface area contributed by atoms with Gasteiger partial charge in [0.1, 0.15) is 28.7 Å². The van der Waals surface area contributed by atoms with Gasteiger partial charge in [-0.1, -0.05) is 18.2 Å². The number of H-pyrrole nitrogens is 1. The van der Waals surface area contributed by atoms with Crippen LogP contribution in [0.2, 0.25) is 0 Å². The van der Waals surface area contributed by atoms with E-state index in [0.717, 1.165) is 12.8 Å². The number of hydrogen-bond donors (Lipinski definition) is 4. The number of aromatic amines is 1. The summed E-state index contributed by atoms with van der Waals surface area (Å²) < 4.78 is 11.4. The molecule has 10 heteroatoms. The number of nitrogens with zero attached hydrogens (tertiary/aromatic N) is 2. The fourth-order valence-corrected chi connectivity index (χ4v) is 4.23. The highest BCUT2D eigenvalue weighted by Crippen LogP contribution is 2.24. The van der Waals surface area contributed by atoms with E-state index < -0.39 is 11.2 Å². The Kier molecular flexibility index (Phi) is 7.58. The molecule has 6 N–H and O–H groups in total. The second-order valence-electron chi connectivity index (χ2n) is 10.0. The molecule has 4 rings (SSSR count). The van der Waals surface area contributed by atoms with Gasteiger partial charge in [0.2, 0.25) is 5.69 Å². The average molecular weight is 506 g/mol. The molecule has 1 aliphatic rings. The molecule has 37 heavy (non-hydrogen) atoms. The van der Waals surface area contributed by atoms with Crippen LogP contribution in [0.1, 0.15) is 44.7 Å². The molecule has 3 aromatic rings. The Morgan fingerprint density at radius 3 is 2.49 bits per heavy atom. The molecule has 194 valence electrons. The first-order valence-corrected chi connectivity index (χ1v) is 12.2. The molecule has 1 atom stereocenters. The Hall–Kier alpha value is -4.18. The van der Waals surface area contributed by atoms with E-state index in [9.17, 15) is 9.59 Å². The topological polar surface area (TPSA) is 151 Å². The van der Waals surface area contributed by atoms with Gasteiger partial charge in [-0.2, -0.15) is 5.10 Å². The minimum absolute atomic E-state index is 0.0558. The first kappa shape index (κ1) is 25.9. The lowest BCUT2D eigenvalue weighted by Gasteiger charge is -2.32. The standard InChI is InChI=1S/C27H32N6O4/c1-27(2,3)37-26(35)33-15-7-8-18(16-33)30-23-21(24(29)31-32-25(23)34)22(28)17-11-13-20(14-12-17)36-19-9-5-4-6-10-19/h4-6,9-14,18,28H,7-8,15-16H2,1-3H3,(H,32,34)(H3,29,30,31)/p+1. The van der Waals surface area contributed by atoms with Crippen molar-refractivity contribution in [3.63, 3.8) is 0 Å². The van der Waals surface area contributed by atoms with Gasteiger partial charge in [0, 0.05) is 18.5 Å². The predicted octanol–water partition coefficient (Wildman–Crippen LogP) is 3.15. The highest BCUT2D eigenvalue weighted by Gasteiger charge is 2.32. The van der Waals surface area contributed by atoms with Crippen LogP contribution in [-0.4, -0.2) is 51.6 Å². The van der Waals surface area contributed by atoms with Gasteiger partial charge in [-0.25, -0.2) is 9.89 Å². The van der Waals surface area contributed by atoms with Gasteiger partial charge in [0.15, 0.2) is 5.82 Å². The number of amides is 1. The number of anilines is 1. The van der Waals surface area contributed by atoms with E-state index in [1.165, 1.54) is 0 Å². The minimum atomic E-state index is -0.589. The first-order chi connectivity index (χ1) is 17.6. The highest BCUT2D eigenvalue weighted by atomic mass is 16.6. The van der Waals surface area contributed by atoms with Crippen molar-refractivity contribution in [3.05, 3.63) is 76.1 Å². The maximum absolute atomic E-state index is 12.8. The lowest BCUT2D eigenvalue weighted by molar-refractivity contribution is -0.614. The van der Waals surface area contributed by atoms with Crippen molar-refractivity contribution in [2.45, 2.75) is 45.3 Å². The van der Waals surface area contributed by atoms with Crippen LogP contribution in [0.15, 0.2) is 59.4 Å². The average Bonchev–Trinajstić information content (AvgIpc) is 2.86. The quantitative estimate of drug-likeness (QED) is 0.378. The van der Waals surface area contributed by atoms with Crippen LogP contribution in [0.3, 0.4) is 0 Å². The molecule has 0 spiro atoms. The lowest BCUT2D eigenvalue weighted by atomic mass is 10.00. The zero-order valence-electron chi connectivity index (χ0n) is 21.3. The number of aromatic nitrogens is 2. The number of likely N-dealkylation sites (tertiary alicyclic amines) is 1. The molecule has 1 unspecified atom stereocenters. The molecule has 1 amide bonds. The smallest absolute Gasteiger partial charge is 0.410 e. The van der Waals surface area contributed by atoms with Crippen molar-refractivity contribution in [3.8, 4) is 11.5 Å². The number of quaternary nitrogens is 1. The van der Waals surface area contributed by atoms with Crippen LogP contribution >= 0.6 is 0 Å². The summed E-state index contributed by atoms with van der Waals surface area (Å²) in [6.07, 6.45) is 1.19. The second-order valence-corrected chi connectivity index (χ2v) is 10.0. The van der Waals surface area contributed by atoms with Crippen molar-refractivity contribution >= 4 is 23.3 Å². The summed E-state index contributed by atoms with van der Waals surface area (Å²) in [5, 5.41) is 17.0. The normalized spacial score (nSPS) is 15.8. The number of ether oxygens (including phenoxy) is 2. The third-order valence-corrected chi connectivity index (χ3v) is 5.93. The van der Waals surface area contributed by atoms with Gasteiger partial charge in [-0.15, -0.1) is 0 Å². The maximum Gasteiger partial charge on any atom is 0.410 e. The summed E-state index contributed by atoms with van der Waals surface area (Å²) in [7, 11) is 0. The molecule has 0 bridgehead atoms. The summed E-state index contributed by atoms with van der Waals surface area (Å²) >= 11 is 0. The first-order valence-electron chi connectivity index (χ1n) is 12.2. The number of nitrogens with two attached hydrogens (primary N) is 2. The fraction of sp³-hybridized carbons (Fsp3) is 0.333. The van der Waals surface area contributed by atoms with Crippen molar-refractivity contribution in [1.82, 2.24) is 15.1 Å². The maximum atomic E-state index is 12.8. The molecule has 0 saturated carbocycles. The predicted molar refractivity (Wildman–Crippen MR) is 141 cm³/mol. The summed E-state index contributed by atoms with van der Waals surface area (Å²) in [4.78, 5) is 27.1. The number of hydrogen-bond acceptors (Lipinski definition) is 7. The third-order valence-electron chi connectivity index (χ3n) is 5.93. The molecule has 2 aromatic carbocycles. The van der Waals surface area contributed by atoms with Crippen molar-refractivity contribution in [2.75, 3.05) is 18.8 Å². The van der Waals surface area contributed by atoms with Crippen molar-refractivity contribution < 1.29 is 19.6 Å². The van der Waals surface area contributed by atoms with Crippen LogP contribution in [0.4, 0.5) is 16.3 Å². The zero-order valence-corrected chi connectivity index (χ0v) is 21.3. The minimum Gasteiger partial charge on any atom is -0.457 e. The Balaban J connectivity index is 1.53. The number of nitrogen functional groups attached to an aromatic ring is 1. The molecular weight excluding hydrogens is 472 g/mol. The van der Waals surface area contributed by atoms with Gasteiger partial charge in [-0.3, -0.25) is 10.2 Å². The summed E-state index contributed by atoms with van der Waals surface area (Å²) in [6.45, 7) is 6.49. The number of carbonyl (C=O) groups is 1. The molecular formula is C27H33N6O4+.